The Bertz CT molecular complexity index is 312. The van der Waals surface area contributed by atoms with Crippen LogP contribution in [0.5, 0.6) is 0 Å². The monoisotopic (exact) mass is 241 g/mol. The van der Waals surface area contributed by atoms with Crippen molar-refractivity contribution in [3.8, 4) is 0 Å². The van der Waals surface area contributed by atoms with E-state index in [1.165, 1.54) is 0 Å². The van der Waals surface area contributed by atoms with Crippen molar-refractivity contribution in [3.63, 3.8) is 0 Å². The summed E-state index contributed by atoms with van der Waals surface area (Å²) in [5, 5.41) is 13.5. The van der Waals surface area contributed by atoms with Gasteiger partial charge in [0.1, 0.15) is 0 Å². The molecule has 0 radical (unpaired) electrons. The van der Waals surface area contributed by atoms with Crippen molar-refractivity contribution in [2.24, 2.45) is 0 Å². The molecule has 0 aliphatic heterocycles. The minimum Gasteiger partial charge on any atom is -0.395 e. The summed E-state index contributed by atoms with van der Waals surface area (Å²) in [4.78, 5) is 2.14. The quantitative estimate of drug-likeness (QED) is 0.735. The maximum Gasteiger partial charge on any atom is 0.0764 e. The Hall–Kier alpha value is -0.910. The van der Waals surface area contributed by atoms with E-state index in [9.17, 15) is 0 Å². The number of hydrogen-bond donors (Lipinski definition) is 1. The lowest BCUT2D eigenvalue weighted by Crippen LogP contribution is -2.30. The number of aromatic nitrogens is 2. The summed E-state index contributed by atoms with van der Waals surface area (Å²) in [5.74, 6) is 0. The van der Waals surface area contributed by atoms with E-state index in [4.69, 9.17) is 9.84 Å². The first kappa shape index (κ1) is 14.2. The Balaban J connectivity index is 2.52. The van der Waals surface area contributed by atoms with Gasteiger partial charge in [-0.1, -0.05) is 0 Å². The van der Waals surface area contributed by atoms with Gasteiger partial charge in [0.2, 0.25) is 0 Å². The predicted octanol–water partition coefficient (Wildman–Crippen LogP) is 0.905. The van der Waals surface area contributed by atoms with Crippen LogP contribution in [-0.2, 0) is 11.3 Å². The van der Waals surface area contributed by atoms with Crippen molar-refractivity contribution in [2.45, 2.75) is 26.4 Å². The predicted molar refractivity (Wildman–Crippen MR) is 66.9 cm³/mol. The second kappa shape index (κ2) is 7.42. The lowest BCUT2D eigenvalue weighted by atomic mass is 10.3. The Morgan fingerprint density at radius 2 is 2.24 bits per heavy atom. The van der Waals surface area contributed by atoms with Crippen LogP contribution in [-0.4, -0.2) is 53.2 Å². The Morgan fingerprint density at radius 1 is 1.47 bits per heavy atom. The molecule has 0 bridgehead atoms. The molecule has 0 amide bonds. The molecule has 0 atom stereocenters. The van der Waals surface area contributed by atoms with E-state index in [-0.39, 0.29) is 6.61 Å². The molecule has 1 aromatic rings. The van der Waals surface area contributed by atoms with Gasteiger partial charge in [0.05, 0.1) is 18.9 Å². The van der Waals surface area contributed by atoms with Gasteiger partial charge < -0.3 is 9.84 Å². The number of hydrogen-bond acceptors (Lipinski definition) is 4. The maximum atomic E-state index is 9.00. The lowest BCUT2D eigenvalue weighted by Gasteiger charge is -2.19. The number of ether oxygens (including phenoxy) is 1. The van der Waals surface area contributed by atoms with Crippen molar-refractivity contribution in [1.82, 2.24) is 14.7 Å². The fourth-order valence-electron chi connectivity index (χ4n) is 1.61. The van der Waals surface area contributed by atoms with E-state index in [0.717, 1.165) is 18.8 Å². The van der Waals surface area contributed by atoms with Gasteiger partial charge in [0.25, 0.3) is 0 Å². The number of rotatable bonds is 8. The van der Waals surface area contributed by atoms with Crippen LogP contribution in [0.25, 0.3) is 0 Å². The summed E-state index contributed by atoms with van der Waals surface area (Å²) in [5.41, 5.74) is 1.03. The first-order chi connectivity index (χ1) is 8.17. The molecule has 0 aliphatic carbocycles. The van der Waals surface area contributed by atoms with Crippen LogP contribution in [0.2, 0.25) is 0 Å². The Labute approximate surface area is 103 Å². The van der Waals surface area contributed by atoms with Crippen LogP contribution < -0.4 is 0 Å². The number of aliphatic hydroxyl groups is 1. The molecule has 0 unspecified atom stereocenters. The average Bonchev–Trinajstić information content (AvgIpc) is 2.75. The van der Waals surface area contributed by atoms with E-state index in [2.05, 4.69) is 23.8 Å². The van der Waals surface area contributed by atoms with Crippen LogP contribution in [0.4, 0.5) is 0 Å². The number of methoxy groups -OCH3 is 1. The highest BCUT2D eigenvalue weighted by Gasteiger charge is 2.08. The highest BCUT2D eigenvalue weighted by Crippen LogP contribution is 2.06. The van der Waals surface area contributed by atoms with Gasteiger partial charge in [-0.25, -0.2) is 0 Å². The van der Waals surface area contributed by atoms with Crippen LogP contribution in [0, 0.1) is 0 Å². The van der Waals surface area contributed by atoms with Gasteiger partial charge in [-0.2, -0.15) is 5.10 Å². The summed E-state index contributed by atoms with van der Waals surface area (Å²) < 4.78 is 7.00. The molecule has 0 aliphatic rings. The fourth-order valence-corrected chi connectivity index (χ4v) is 1.61. The van der Waals surface area contributed by atoms with Gasteiger partial charge in [-0.05, 0) is 19.9 Å². The molecule has 0 saturated carbocycles. The zero-order valence-electron chi connectivity index (χ0n) is 11.0. The number of aliphatic hydroxyl groups excluding tert-OH is 1. The fraction of sp³-hybridized carbons (Fsp3) is 0.750. The second-order valence-electron chi connectivity index (χ2n) is 4.37. The van der Waals surface area contributed by atoms with Crippen molar-refractivity contribution < 1.29 is 9.84 Å². The van der Waals surface area contributed by atoms with E-state index in [0.29, 0.717) is 19.2 Å². The zero-order valence-corrected chi connectivity index (χ0v) is 11.0. The third-order valence-corrected chi connectivity index (χ3v) is 2.61. The molecule has 5 heteroatoms. The standard InChI is InChI=1S/C12H23N3O2/c1-11(2)15-5-4-12(13-15)10-14(6-8-16)7-9-17-3/h4-5,11,16H,6-10H2,1-3H3. The summed E-state index contributed by atoms with van der Waals surface area (Å²) in [6.07, 6.45) is 1.99. The first-order valence-corrected chi connectivity index (χ1v) is 6.03. The summed E-state index contributed by atoms with van der Waals surface area (Å²) >= 11 is 0. The first-order valence-electron chi connectivity index (χ1n) is 6.03. The van der Waals surface area contributed by atoms with Crippen molar-refractivity contribution in [3.05, 3.63) is 18.0 Å². The van der Waals surface area contributed by atoms with Gasteiger partial charge in [0, 0.05) is 39.0 Å². The molecule has 1 N–H and O–H groups in total. The number of nitrogens with zero attached hydrogens (tertiary/aromatic N) is 3. The molecule has 98 valence electrons. The third kappa shape index (κ3) is 4.85. The molecular weight excluding hydrogens is 218 g/mol. The van der Waals surface area contributed by atoms with Crippen LogP contribution in [0.15, 0.2) is 12.3 Å². The van der Waals surface area contributed by atoms with E-state index >= 15 is 0 Å². The van der Waals surface area contributed by atoms with Gasteiger partial charge >= 0.3 is 0 Å². The summed E-state index contributed by atoms with van der Waals surface area (Å²) in [7, 11) is 1.69. The van der Waals surface area contributed by atoms with E-state index in [1.54, 1.807) is 7.11 Å². The van der Waals surface area contributed by atoms with Crippen molar-refractivity contribution in [2.75, 3.05) is 33.4 Å². The second-order valence-corrected chi connectivity index (χ2v) is 4.37. The van der Waals surface area contributed by atoms with Gasteiger partial charge in [-0.3, -0.25) is 9.58 Å². The molecule has 0 fully saturated rings. The smallest absolute Gasteiger partial charge is 0.0764 e. The van der Waals surface area contributed by atoms with Crippen LogP contribution in [0.3, 0.4) is 0 Å². The van der Waals surface area contributed by atoms with Crippen molar-refractivity contribution >= 4 is 0 Å². The molecular formula is C12H23N3O2. The lowest BCUT2D eigenvalue weighted by molar-refractivity contribution is 0.126. The normalized spacial score (nSPS) is 11.6. The van der Waals surface area contributed by atoms with Gasteiger partial charge in [0.15, 0.2) is 0 Å². The van der Waals surface area contributed by atoms with Gasteiger partial charge in [-0.15, -0.1) is 0 Å². The maximum absolute atomic E-state index is 9.00. The molecule has 0 spiro atoms. The SMILES string of the molecule is COCCN(CCO)Cc1ccn(C(C)C)n1. The molecule has 0 aromatic carbocycles. The zero-order chi connectivity index (χ0) is 12.7. The molecule has 17 heavy (non-hydrogen) atoms. The van der Waals surface area contributed by atoms with E-state index in [1.807, 2.05) is 16.9 Å². The van der Waals surface area contributed by atoms with Crippen LogP contribution in [0.1, 0.15) is 25.6 Å². The summed E-state index contributed by atoms with van der Waals surface area (Å²) in [6, 6.07) is 2.41. The topological polar surface area (TPSA) is 50.5 Å². The minimum atomic E-state index is 0.161. The highest BCUT2D eigenvalue weighted by atomic mass is 16.5. The van der Waals surface area contributed by atoms with E-state index < -0.39 is 0 Å². The highest BCUT2D eigenvalue weighted by molar-refractivity contribution is 4.99. The minimum absolute atomic E-state index is 0.161. The van der Waals surface area contributed by atoms with Crippen LogP contribution >= 0.6 is 0 Å². The third-order valence-electron chi connectivity index (χ3n) is 2.61. The molecule has 1 rings (SSSR count). The molecule has 1 heterocycles. The average molecular weight is 241 g/mol. The Kier molecular flexibility index (Phi) is 6.18. The largest absolute Gasteiger partial charge is 0.395 e. The molecule has 0 saturated heterocycles. The summed E-state index contributed by atoms with van der Waals surface area (Å²) in [6.45, 7) is 7.26. The van der Waals surface area contributed by atoms with Crippen molar-refractivity contribution in [1.29, 1.82) is 0 Å². The Morgan fingerprint density at radius 3 is 2.76 bits per heavy atom. The molecule has 1 aromatic heterocycles. The molecule has 5 nitrogen and oxygen atoms in total.